The Balaban J connectivity index is 2.28. The molecule has 1 unspecified atom stereocenters. The van der Waals surface area contributed by atoms with Gasteiger partial charge in [0.15, 0.2) is 0 Å². The van der Waals surface area contributed by atoms with Gasteiger partial charge in [0, 0.05) is 16.5 Å². The molecule has 1 aromatic heterocycles. The molecule has 0 aliphatic heterocycles. The van der Waals surface area contributed by atoms with Crippen LogP contribution in [0.3, 0.4) is 0 Å². The van der Waals surface area contributed by atoms with Gasteiger partial charge in [-0.2, -0.15) is 0 Å². The van der Waals surface area contributed by atoms with Crippen molar-refractivity contribution in [2.24, 2.45) is 0 Å². The normalized spacial score (nSPS) is 12.6. The molecule has 19 heavy (non-hydrogen) atoms. The van der Waals surface area contributed by atoms with Gasteiger partial charge < -0.3 is 5.32 Å². The molecule has 0 aliphatic carbocycles. The predicted octanol–water partition coefficient (Wildman–Crippen LogP) is 4.83. The first-order valence-corrected chi connectivity index (χ1v) is 7.78. The topological polar surface area (TPSA) is 24.9 Å². The van der Waals surface area contributed by atoms with Crippen molar-refractivity contribution < 1.29 is 0 Å². The molecule has 4 heteroatoms. The molecule has 0 fully saturated rings. The summed E-state index contributed by atoms with van der Waals surface area (Å²) in [6.07, 6.45) is 1.14. The van der Waals surface area contributed by atoms with Crippen LogP contribution in [-0.2, 0) is 0 Å². The van der Waals surface area contributed by atoms with E-state index in [1.165, 1.54) is 4.88 Å². The summed E-state index contributed by atoms with van der Waals surface area (Å²) in [6.45, 7) is 7.46. The lowest BCUT2D eigenvalue weighted by atomic mass is 10.2. The molecule has 1 heterocycles. The van der Waals surface area contributed by atoms with Crippen LogP contribution in [0.15, 0.2) is 24.3 Å². The van der Waals surface area contributed by atoms with Crippen LogP contribution in [0.2, 0.25) is 5.02 Å². The van der Waals surface area contributed by atoms with Crippen molar-refractivity contribution in [2.45, 2.75) is 33.2 Å². The Hall–Kier alpha value is -0.900. The number of hydrogen-bond acceptors (Lipinski definition) is 3. The highest BCUT2D eigenvalue weighted by molar-refractivity contribution is 7.15. The van der Waals surface area contributed by atoms with Crippen molar-refractivity contribution in [2.75, 3.05) is 6.54 Å². The van der Waals surface area contributed by atoms with Gasteiger partial charge >= 0.3 is 0 Å². The Morgan fingerprint density at radius 1 is 1.37 bits per heavy atom. The molecule has 0 saturated carbocycles. The van der Waals surface area contributed by atoms with Crippen LogP contribution in [-0.4, -0.2) is 11.5 Å². The van der Waals surface area contributed by atoms with Crippen molar-refractivity contribution in [3.05, 3.63) is 39.9 Å². The summed E-state index contributed by atoms with van der Waals surface area (Å²) in [7, 11) is 0. The van der Waals surface area contributed by atoms with Crippen LogP contribution >= 0.6 is 22.9 Å². The third-order valence-corrected chi connectivity index (χ3v) is 4.73. The van der Waals surface area contributed by atoms with Crippen LogP contribution in [0.25, 0.3) is 10.6 Å². The van der Waals surface area contributed by atoms with Gasteiger partial charge in [-0.05, 0) is 32.9 Å². The monoisotopic (exact) mass is 294 g/mol. The van der Waals surface area contributed by atoms with Gasteiger partial charge in [0.2, 0.25) is 0 Å². The van der Waals surface area contributed by atoms with Crippen molar-refractivity contribution in [1.29, 1.82) is 0 Å². The molecule has 0 radical (unpaired) electrons. The highest BCUT2D eigenvalue weighted by atomic mass is 35.5. The zero-order valence-corrected chi connectivity index (χ0v) is 13.1. The quantitative estimate of drug-likeness (QED) is 0.854. The first-order valence-electron chi connectivity index (χ1n) is 6.59. The maximum atomic E-state index is 6.23. The fraction of sp³-hybridized carbons (Fsp3) is 0.400. The maximum Gasteiger partial charge on any atom is 0.125 e. The lowest BCUT2D eigenvalue weighted by Gasteiger charge is -2.11. The van der Waals surface area contributed by atoms with Crippen molar-refractivity contribution in [1.82, 2.24) is 10.3 Å². The number of thiazole rings is 1. The first kappa shape index (κ1) is 14.5. The molecular formula is C15H19ClN2S. The summed E-state index contributed by atoms with van der Waals surface area (Å²) in [5.74, 6) is 0. The molecule has 2 nitrogen and oxygen atoms in total. The number of nitrogens with one attached hydrogen (secondary N) is 1. The maximum absolute atomic E-state index is 6.23. The minimum atomic E-state index is 0.341. The van der Waals surface area contributed by atoms with Crippen LogP contribution in [0.1, 0.15) is 36.9 Å². The second-order valence-corrected chi connectivity index (χ2v) is 6.06. The number of rotatable bonds is 5. The van der Waals surface area contributed by atoms with Crippen LogP contribution in [0.5, 0.6) is 0 Å². The van der Waals surface area contributed by atoms with Crippen molar-refractivity contribution >= 4 is 22.9 Å². The largest absolute Gasteiger partial charge is 0.309 e. The number of aryl methyl sites for hydroxylation is 1. The van der Waals surface area contributed by atoms with Crippen LogP contribution in [0, 0.1) is 6.92 Å². The number of benzene rings is 1. The van der Waals surface area contributed by atoms with E-state index in [4.69, 9.17) is 11.6 Å². The Labute approximate surface area is 123 Å². The van der Waals surface area contributed by atoms with Gasteiger partial charge in [-0.1, -0.05) is 36.7 Å². The fourth-order valence-electron chi connectivity index (χ4n) is 2.01. The second kappa shape index (κ2) is 6.51. The predicted molar refractivity (Wildman–Crippen MR) is 84.0 cm³/mol. The lowest BCUT2D eigenvalue weighted by molar-refractivity contribution is 0.575. The summed E-state index contributed by atoms with van der Waals surface area (Å²) in [6, 6.07) is 8.21. The molecule has 1 N–H and O–H groups in total. The van der Waals surface area contributed by atoms with Gasteiger partial charge in [0.1, 0.15) is 5.01 Å². The highest BCUT2D eigenvalue weighted by Crippen LogP contribution is 2.35. The average molecular weight is 295 g/mol. The molecule has 1 atom stereocenters. The van der Waals surface area contributed by atoms with E-state index in [9.17, 15) is 0 Å². The van der Waals surface area contributed by atoms with E-state index >= 15 is 0 Å². The van der Waals surface area contributed by atoms with E-state index in [0.717, 1.165) is 34.3 Å². The van der Waals surface area contributed by atoms with Crippen molar-refractivity contribution in [3.8, 4) is 10.6 Å². The lowest BCUT2D eigenvalue weighted by Crippen LogP contribution is -2.18. The number of halogens is 1. The molecule has 0 amide bonds. The molecule has 1 aromatic carbocycles. The van der Waals surface area contributed by atoms with Crippen LogP contribution in [0.4, 0.5) is 0 Å². The number of aromatic nitrogens is 1. The van der Waals surface area contributed by atoms with Gasteiger partial charge in [0.25, 0.3) is 0 Å². The minimum absolute atomic E-state index is 0.341. The molecule has 2 aromatic rings. The van der Waals surface area contributed by atoms with Crippen molar-refractivity contribution in [3.63, 3.8) is 0 Å². The highest BCUT2D eigenvalue weighted by Gasteiger charge is 2.15. The average Bonchev–Trinajstić information content (AvgIpc) is 2.78. The molecule has 0 saturated heterocycles. The zero-order valence-electron chi connectivity index (χ0n) is 11.5. The fourth-order valence-corrected chi connectivity index (χ4v) is 3.43. The summed E-state index contributed by atoms with van der Waals surface area (Å²) >= 11 is 7.96. The van der Waals surface area contributed by atoms with E-state index in [1.807, 2.05) is 24.3 Å². The van der Waals surface area contributed by atoms with Crippen LogP contribution < -0.4 is 5.32 Å². The Morgan fingerprint density at radius 2 is 2.11 bits per heavy atom. The summed E-state index contributed by atoms with van der Waals surface area (Å²) in [5.41, 5.74) is 2.11. The van der Waals surface area contributed by atoms with E-state index in [-0.39, 0.29) is 0 Å². The third kappa shape index (κ3) is 3.35. The Bertz CT molecular complexity index is 551. The molecule has 2 rings (SSSR count). The molecule has 102 valence electrons. The summed E-state index contributed by atoms with van der Waals surface area (Å²) < 4.78 is 0. The standard InChI is InChI=1S/C15H19ClN2S/c1-4-9-17-10(2)14-11(3)18-15(19-14)12-7-5-6-8-13(12)16/h5-8,10,17H,4,9H2,1-3H3. The van der Waals surface area contributed by atoms with E-state index in [0.29, 0.717) is 6.04 Å². The zero-order chi connectivity index (χ0) is 13.8. The Kier molecular flexibility index (Phi) is 4.97. The third-order valence-electron chi connectivity index (χ3n) is 3.03. The van der Waals surface area contributed by atoms with Gasteiger partial charge in [-0.3, -0.25) is 0 Å². The van der Waals surface area contributed by atoms with E-state index in [1.54, 1.807) is 11.3 Å². The minimum Gasteiger partial charge on any atom is -0.309 e. The SMILES string of the molecule is CCCNC(C)c1sc(-c2ccccc2Cl)nc1C. The molecular weight excluding hydrogens is 276 g/mol. The van der Waals surface area contributed by atoms with Gasteiger partial charge in [-0.25, -0.2) is 4.98 Å². The first-order chi connectivity index (χ1) is 9.13. The summed E-state index contributed by atoms with van der Waals surface area (Å²) in [5, 5.41) is 5.27. The van der Waals surface area contributed by atoms with Gasteiger partial charge in [0.05, 0.1) is 10.7 Å². The Morgan fingerprint density at radius 3 is 2.79 bits per heavy atom. The second-order valence-electron chi connectivity index (χ2n) is 4.62. The smallest absolute Gasteiger partial charge is 0.125 e. The number of hydrogen-bond donors (Lipinski definition) is 1. The van der Waals surface area contributed by atoms with Gasteiger partial charge in [-0.15, -0.1) is 11.3 Å². The summed E-state index contributed by atoms with van der Waals surface area (Å²) in [4.78, 5) is 5.96. The van der Waals surface area contributed by atoms with E-state index < -0.39 is 0 Å². The number of nitrogens with zero attached hydrogens (tertiary/aromatic N) is 1. The van der Waals surface area contributed by atoms with E-state index in [2.05, 4.69) is 31.1 Å². The molecule has 0 aliphatic rings. The molecule has 0 bridgehead atoms. The molecule has 0 spiro atoms.